The van der Waals surface area contributed by atoms with Gasteiger partial charge in [0.25, 0.3) is 5.91 Å². The number of rotatable bonds is 3. The third-order valence-corrected chi connectivity index (χ3v) is 3.86. The average Bonchev–Trinajstić information content (AvgIpc) is 2.96. The topological polar surface area (TPSA) is 90.4 Å². The number of phenolic OH excluding ortho intramolecular Hbond substituents is 1. The van der Waals surface area contributed by atoms with Crippen molar-refractivity contribution in [3.05, 3.63) is 46.8 Å². The van der Waals surface area contributed by atoms with Crippen LogP contribution in [-0.4, -0.2) is 26.9 Å². The SMILES string of the molecule is C/C(=N\NC(=O)c1n[nH]c2c1CCCC2)c1cccc(O)c1. The van der Waals surface area contributed by atoms with Crippen molar-refractivity contribution in [3.63, 3.8) is 0 Å². The van der Waals surface area contributed by atoms with Gasteiger partial charge in [-0.2, -0.15) is 10.2 Å². The van der Waals surface area contributed by atoms with Gasteiger partial charge < -0.3 is 5.11 Å². The van der Waals surface area contributed by atoms with Gasteiger partial charge in [0, 0.05) is 16.8 Å². The maximum atomic E-state index is 12.2. The van der Waals surface area contributed by atoms with E-state index in [9.17, 15) is 9.90 Å². The molecule has 0 radical (unpaired) electrons. The van der Waals surface area contributed by atoms with Crippen LogP contribution in [0.4, 0.5) is 0 Å². The fraction of sp³-hybridized carbons (Fsp3) is 0.312. The van der Waals surface area contributed by atoms with Crippen molar-refractivity contribution in [1.82, 2.24) is 15.6 Å². The average molecular weight is 298 g/mol. The maximum Gasteiger partial charge on any atom is 0.292 e. The summed E-state index contributed by atoms with van der Waals surface area (Å²) in [5.74, 6) is -0.140. The monoisotopic (exact) mass is 298 g/mol. The van der Waals surface area contributed by atoms with Crippen molar-refractivity contribution < 1.29 is 9.90 Å². The summed E-state index contributed by atoms with van der Waals surface area (Å²) < 4.78 is 0. The molecular weight excluding hydrogens is 280 g/mol. The molecule has 22 heavy (non-hydrogen) atoms. The number of amides is 1. The van der Waals surface area contributed by atoms with Crippen molar-refractivity contribution in [2.75, 3.05) is 0 Å². The highest BCUT2D eigenvalue weighted by Crippen LogP contribution is 2.22. The molecule has 6 heteroatoms. The number of benzene rings is 1. The Hall–Kier alpha value is -2.63. The highest BCUT2D eigenvalue weighted by atomic mass is 16.3. The van der Waals surface area contributed by atoms with Gasteiger partial charge in [0.1, 0.15) is 5.75 Å². The van der Waals surface area contributed by atoms with Gasteiger partial charge in [-0.25, -0.2) is 5.43 Å². The van der Waals surface area contributed by atoms with E-state index < -0.39 is 0 Å². The van der Waals surface area contributed by atoms with E-state index in [0.717, 1.165) is 42.5 Å². The largest absolute Gasteiger partial charge is 0.508 e. The number of carbonyl (C=O) groups excluding carboxylic acids is 1. The lowest BCUT2D eigenvalue weighted by Crippen LogP contribution is -2.21. The zero-order valence-corrected chi connectivity index (χ0v) is 12.4. The third kappa shape index (κ3) is 2.86. The Balaban J connectivity index is 1.74. The van der Waals surface area contributed by atoms with Gasteiger partial charge in [0.2, 0.25) is 0 Å². The fourth-order valence-corrected chi connectivity index (χ4v) is 2.65. The van der Waals surface area contributed by atoms with Crippen LogP contribution in [0, 0.1) is 0 Å². The number of hydrogen-bond acceptors (Lipinski definition) is 4. The number of hydrazone groups is 1. The van der Waals surface area contributed by atoms with E-state index in [1.807, 2.05) is 6.07 Å². The van der Waals surface area contributed by atoms with Gasteiger partial charge in [-0.1, -0.05) is 12.1 Å². The molecule has 0 saturated carbocycles. The van der Waals surface area contributed by atoms with Crippen molar-refractivity contribution >= 4 is 11.6 Å². The number of aromatic hydroxyl groups is 1. The Bertz CT molecular complexity index is 733. The molecule has 0 unspecified atom stereocenters. The summed E-state index contributed by atoms with van der Waals surface area (Å²) in [6, 6.07) is 6.74. The molecule has 1 aromatic carbocycles. The Labute approximate surface area is 128 Å². The first-order chi connectivity index (χ1) is 10.6. The smallest absolute Gasteiger partial charge is 0.292 e. The molecule has 114 valence electrons. The number of nitrogens with zero attached hydrogens (tertiary/aromatic N) is 2. The van der Waals surface area contributed by atoms with E-state index in [-0.39, 0.29) is 11.7 Å². The van der Waals surface area contributed by atoms with Crippen LogP contribution in [0.2, 0.25) is 0 Å². The second-order valence-corrected chi connectivity index (χ2v) is 5.42. The molecule has 1 amide bonds. The first kappa shape index (κ1) is 14.3. The predicted molar refractivity (Wildman–Crippen MR) is 83.0 cm³/mol. The van der Waals surface area contributed by atoms with Crippen LogP contribution in [0.1, 0.15) is 47.1 Å². The number of aryl methyl sites for hydroxylation is 1. The number of aromatic amines is 1. The summed E-state index contributed by atoms with van der Waals surface area (Å²) in [4.78, 5) is 12.2. The first-order valence-electron chi connectivity index (χ1n) is 7.35. The molecule has 1 heterocycles. The Morgan fingerprint density at radius 1 is 1.36 bits per heavy atom. The van der Waals surface area contributed by atoms with Crippen LogP contribution in [0.25, 0.3) is 0 Å². The zero-order chi connectivity index (χ0) is 15.5. The zero-order valence-electron chi connectivity index (χ0n) is 12.4. The van der Waals surface area contributed by atoms with E-state index >= 15 is 0 Å². The van der Waals surface area contributed by atoms with Crippen LogP contribution < -0.4 is 5.43 Å². The Morgan fingerprint density at radius 2 is 2.18 bits per heavy atom. The van der Waals surface area contributed by atoms with Crippen LogP contribution >= 0.6 is 0 Å². The maximum absolute atomic E-state index is 12.2. The van der Waals surface area contributed by atoms with Gasteiger partial charge in [-0.3, -0.25) is 9.89 Å². The lowest BCUT2D eigenvalue weighted by atomic mass is 9.96. The van der Waals surface area contributed by atoms with E-state index in [1.54, 1.807) is 25.1 Å². The normalized spacial score (nSPS) is 14.5. The highest BCUT2D eigenvalue weighted by molar-refractivity contribution is 6.01. The van der Waals surface area contributed by atoms with E-state index in [1.165, 1.54) is 0 Å². The lowest BCUT2D eigenvalue weighted by Gasteiger charge is -2.10. The third-order valence-electron chi connectivity index (χ3n) is 3.86. The number of hydrogen-bond donors (Lipinski definition) is 3. The number of carbonyl (C=O) groups is 1. The number of fused-ring (bicyclic) bond motifs is 1. The van der Waals surface area contributed by atoms with Gasteiger partial charge >= 0.3 is 0 Å². The van der Waals surface area contributed by atoms with E-state index in [0.29, 0.717) is 11.4 Å². The van der Waals surface area contributed by atoms with Crippen LogP contribution in [-0.2, 0) is 12.8 Å². The fourth-order valence-electron chi connectivity index (χ4n) is 2.65. The van der Waals surface area contributed by atoms with Crippen LogP contribution in [0.3, 0.4) is 0 Å². The minimum Gasteiger partial charge on any atom is -0.508 e. The molecule has 3 rings (SSSR count). The quantitative estimate of drug-likeness (QED) is 0.599. The van der Waals surface area contributed by atoms with Crippen molar-refractivity contribution in [3.8, 4) is 5.75 Å². The summed E-state index contributed by atoms with van der Waals surface area (Å²) in [7, 11) is 0. The minimum absolute atomic E-state index is 0.166. The molecule has 0 aliphatic heterocycles. The van der Waals surface area contributed by atoms with Crippen LogP contribution in [0.15, 0.2) is 29.4 Å². The molecule has 0 fully saturated rings. The summed E-state index contributed by atoms with van der Waals surface area (Å²) in [5.41, 5.74) is 6.41. The molecule has 0 atom stereocenters. The van der Waals surface area contributed by atoms with Gasteiger partial charge in [0.05, 0.1) is 5.71 Å². The Kier molecular flexibility index (Phi) is 3.91. The highest BCUT2D eigenvalue weighted by Gasteiger charge is 2.21. The summed E-state index contributed by atoms with van der Waals surface area (Å²) in [5, 5.41) is 20.6. The molecule has 0 spiro atoms. The summed E-state index contributed by atoms with van der Waals surface area (Å²) in [6.45, 7) is 1.77. The molecule has 0 saturated heterocycles. The molecule has 2 aromatic rings. The Morgan fingerprint density at radius 3 is 3.00 bits per heavy atom. The minimum atomic E-state index is -0.307. The molecule has 1 aliphatic rings. The lowest BCUT2D eigenvalue weighted by molar-refractivity contribution is 0.0949. The summed E-state index contributed by atoms with van der Waals surface area (Å²) in [6.07, 6.45) is 4.04. The second-order valence-electron chi connectivity index (χ2n) is 5.42. The van der Waals surface area contributed by atoms with Crippen molar-refractivity contribution in [2.24, 2.45) is 5.10 Å². The molecule has 0 bridgehead atoms. The van der Waals surface area contributed by atoms with Crippen molar-refractivity contribution in [1.29, 1.82) is 0 Å². The molecular formula is C16H18N4O2. The van der Waals surface area contributed by atoms with Crippen LogP contribution in [0.5, 0.6) is 5.75 Å². The molecule has 1 aromatic heterocycles. The molecule has 3 N–H and O–H groups in total. The number of H-pyrrole nitrogens is 1. The second kappa shape index (κ2) is 6.01. The van der Waals surface area contributed by atoms with E-state index in [4.69, 9.17) is 0 Å². The standard InChI is InChI=1S/C16H18N4O2/c1-10(11-5-4-6-12(21)9-11)17-20-16(22)15-13-7-2-3-8-14(13)18-19-15/h4-6,9,21H,2-3,7-8H2,1H3,(H,18,19)(H,20,22)/b17-10+. The van der Waals surface area contributed by atoms with Gasteiger partial charge in [0.15, 0.2) is 5.69 Å². The number of aromatic nitrogens is 2. The number of nitrogens with one attached hydrogen (secondary N) is 2. The number of phenols is 1. The molecule has 1 aliphatic carbocycles. The van der Waals surface area contributed by atoms with Gasteiger partial charge in [-0.15, -0.1) is 0 Å². The predicted octanol–water partition coefficient (Wildman–Crippen LogP) is 2.15. The van der Waals surface area contributed by atoms with Crippen molar-refractivity contribution in [2.45, 2.75) is 32.6 Å². The molecule has 6 nitrogen and oxygen atoms in total. The first-order valence-corrected chi connectivity index (χ1v) is 7.35. The summed E-state index contributed by atoms with van der Waals surface area (Å²) >= 11 is 0. The van der Waals surface area contributed by atoms with Gasteiger partial charge in [-0.05, 0) is 44.7 Å². The van der Waals surface area contributed by atoms with E-state index in [2.05, 4.69) is 20.7 Å².